The second kappa shape index (κ2) is 9.10. The van der Waals surface area contributed by atoms with E-state index in [-0.39, 0.29) is 24.5 Å². The summed E-state index contributed by atoms with van der Waals surface area (Å²) in [7, 11) is 0. The Balaban J connectivity index is 0.000000316. The smallest absolute Gasteiger partial charge is 0.450 e. The summed E-state index contributed by atoms with van der Waals surface area (Å²) in [5, 5.41) is 20.8. The lowest BCUT2D eigenvalue weighted by atomic mass is 9.43. The first-order valence-corrected chi connectivity index (χ1v) is 15.2. The summed E-state index contributed by atoms with van der Waals surface area (Å²) < 4.78 is 40.1. The number of ketones is 1. The number of halogens is 2. The predicted molar refractivity (Wildman–Crippen MR) is 144 cm³/mol. The molecule has 6 saturated carbocycles. The molecule has 0 bridgehead atoms. The average Bonchev–Trinajstić information content (AvgIpc) is 3.54. The van der Waals surface area contributed by atoms with E-state index in [2.05, 4.69) is 4.74 Å². The van der Waals surface area contributed by atoms with Crippen molar-refractivity contribution in [2.45, 2.75) is 96.4 Å². The lowest BCUT2D eigenvalue weighted by Crippen LogP contribution is -2.70. The van der Waals surface area contributed by atoms with Crippen molar-refractivity contribution in [2.75, 3.05) is 6.86 Å². The Morgan fingerprint density at radius 3 is 2.32 bits per heavy atom. The molecule has 7 nitrogen and oxygen atoms in total. The number of aliphatic hydroxyl groups is 1. The number of carboxylic acid groups (broad SMARTS) is 1. The van der Waals surface area contributed by atoms with Crippen LogP contribution >= 0.6 is 0 Å². The largest absolute Gasteiger partial charge is 0.506 e. The topological polar surface area (TPSA) is 110 Å². The zero-order valence-corrected chi connectivity index (χ0v) is 24.3. The molecule has 0 saturated heterocycles. The van der Waals surface area contributed by atoms with Gasteiger partial charge < -0.3 is 19.7 Å². The highest BCUT2D eigenvalue weighted by molar-refractivity contribution is 6.01. The Hall–Kier alpha value is -2.29. The third kappa shape index (κ3) is 3.53. The van der Waals surface area contributed by atoms with Crippen LogP contribution in [0.3, 0.4) is 0 Å². The van der Waals surface area contributed by atoms with Crippen molar-refractivity contribution in [3.63, 3.8) is 0 Å². The predicted octanol–water partition coefficient (Wildman–Crippen LogP) is 5.95. The van der Waals surface area contributed by atoms with Gasteiger partial charge in [0.25, 0.3) is 0 Å². The molecule has 0 aliphatic heterocycles. The highest BCUT2D eigenvalue weighted by Crippen LogP contribution is 2.76. The van der Waals surface area contributed by atoms with Crippen molar-refractivity contribution in [2.24, 2.45) is 51.8 Å². The van der Waals surface area contributed by atoms with Gasteiger partial charge in [-0.3, -0.25) is 4.79 Å². The third-order valence-corrected chi connectivity index (χ3v) is 13.2. The fourth-order valence-electron chi connectivity index (χ4n) is 11.1. The Bertz CT molecular complexity index is 1230. The Labute approximate surface area is 239 Å². The van der Waals surface area contributed by atoms with Gasteiger partial charge in [-0.1, -0.05) is 32.4 Å². The second-order valence-electron chi connectivity index (χ2n) is 14.5. The molecule has 0 aromatic rings. The molecule has 0 amide bonds. The van der Waals surface area contributed by atoms with Gasteiger partial charge in [-0.2, -0.15) is 0 Å². The quantitative estimate of drug-likeness (QED) is 0.400. The molecule has 1 spiro atoms. The summed E-state index contributed by atoms with van der Waals surface area (Å²) in [6, 6.07) is 0. The third-order valence-electron chi connectivity index (χ3n) is 13.2. The monoisotopic (exact) mass is 576 g/mol. The standard InChI is InChI=1S/C24H30F2O7.C8H12/c1-12-7-17-16-8-13(2)24(33-20(30)31,19(29)32-11-25)22(16,4)10-18(28)23(17,26)21(3)6-5-14(27)9-15(12)21;1-2-7-5-8(7)4-3-6(1)8/h5-6,9,12-13,16-18,28H,7-8,10-11H2,1-4H3,(H,30,31);6-7H,1-5H2/t12-,13+,16?,17?,18?,21?,22?,23-,24-;6?,7-,8?/m01/s1. The molecular weight excluding hydrogens is 534 g/mol. The van der Waals surface area contributed by atoms with Crippen LogP contribution in [0.25, 0.3) is 0 Å². The van der Waals surface area contributed by atoms with Crippen LogP contribution < -0.4 is 0 Å². The number of carbonyl (C=O) groups is 3. The SMILES string of the molecule is C1C[C@@H]2CC23CCC13.C[C@@H]1CC2C3C[C@H](C)C4=CC(=O)C=CC4(C)[C@@]3(F)C(O)CC2(C)[C@@]1(OC(=O)O)C(=O)OCF. The first-order chi connectivity index (χ1) is 19.2. The van der Waals surface area contributed by atoms with Gasteiger partial charge in [0.05, 0.1) is 6.10 Å². The minimum atomic E-state index is -2.16. The first kappa shape index (κ1) is 28.8. The maximum Gasteiger partial charge on any atom is 0.506 e. The van der Waals surface area contributed by atoms with Crippen LogP contribution in [0.4, 0.5) is 13.6 Å². The molecule has 226 valence electrons. The summed E-state index contributed by atoms with van der Waals surface area (Å²) in [6.45, 7) is 5.32. The number of hydrogen-bond donors (Lipinski definition) is 2. The second-order valence-corrected chi connectivity index (χ2v) is 14.5. The maximum absolute atomic E-state index is 17.2. The number of allylic oxidation sites excluding steroid dienone is 4. The summed E-state index contributed by atoms with van der Waals surface area (Å²) >= 11 is 0. The number of fused-ring (bicyclic) bond motifs is 5. The molecule has 0 heterocycles. The number of aliphatic hydroxyl groups excluding tert-OH is 1. The molecule has 7 rings (SSSR count). The van der Waals surface area contributed by atoms with E-state index < -0.39 is 64.9 Å². The van der Waals surface area contributed by atoms with Crippen LogP contribution in [0.2, 0.25) is 0 Å². The van der Waals surface area contributed by atoms with Crippen LogP contribution in [0, 0.1) is 51.8 Å². The fourth-order valence-corrected chi connectivity index (χ4v) is 11.1. The van der Waals surface area contributed by atoms with Gasteiger partial charge in [-0.15, -0.1) is 0 Å². The number of esters is 1. The average molecular weight is 577 g/mol. The van der Waals surface area contributed by atoms with Gasteiger partial charge in [-0.05, 0) is 99.5 Å². The molecule has 2 N–H and O–H groups in total. The van der Waals surface area contributed by atoms with E-state index in [1.165, 1.54) is 30.1 Å². The van der Waals surface area contributed by atoms with Gasteiger partial charge in [0.1, 0.15) is 0 Å². The molecule has 41 heavy (non-hydrogen) atoms. The van der Waals surface area contributed by atoms with Gasteiger partial charge in [-0.25, -0.2) is 18.4 Å². The van der Waals surface area contributed by atoms with E-state index in [9.17, 15) is 29.0 Å². The van der Waals surface area contributed by atoms with Gasteiger partial charge in [0.2, 0.25) is 12.5 Å². The first-order valence-electron chi connectivity index (χ1n) is 15.2. The van der Waals surface area contributed by atoms with Crippen LogP contribution in [0.1, 0.15) is 79.1 Å². The zero-order valence-electron chi connectivity index (χ0n) is 24.3. The molecule has 6 fully saturated rings. The molecule has 9 heteroatoms. The molecule has 7 aliphatic rings. The highest BCUT2D eigenvalue weighted by atomic mass is 19.1. The van der Waals surface area contributed by atoms with Crippen LogP contribution in [0.5, 0.6) is 0 Å². The van der Waals surface area contributed by atoms with E-state index in [0.717, 1.165) is 5.41 Å². The summed E-state index contributed by atoms with van der Waals surface area (Å²) in [6.07, 6.45) is 9.18. The highest BCUT2D eigenvalue weighted by Gasteiger charge is 2.78. The number of rotatable bonds is 3. The number of carbonyl (C=O) groups excluding carboxylic acids is 2. The minimum absolute atomic E-state index is 0.184. The van der Waals surface area contributed by atoms with Crippen molar-refractivity contribution in [1.82, 2.24) is 0 Å². The summed E-state index contributed by atoms with van der Waals surface area (Å²) in [5.74, 6) is -1.20. The van der Waals surface area contributed by atoms with Crippen LogP contribution in [0.15, 0.2) is 23.8 Å². The van der Waals surface area contributed by atoms with E-state index >= 15 is 4.39 Å². The van der Waals surface area contributed by atoms with Gasteiger partial charge >= 0.3 is 12.1 Å². The van der Waals surface area contributed by atoms with Crippen molar-refractivity contribution in [3.8, 4) is 0 Å². The van der Waals surface area contributed by atoms with Crippen LogP contribution in [-0.4, -0.2) is 52.4 Å². The normalized spacial score (nSPS) is 51.7. The Morgan fingerprint density at radius 2 is 1.78 bits per heavy atom. The zero-order chi connectivity index (χ0) is 29.8. The van der Waals surface area contributed by atoms with Gasteiger partial charge in [0, 0.05) is 22.7 Å². The van der Waals surface area contributed by atoms with Crippen molar-refractivity contribution >= 4 is 17.9 Å². The minimum Gasteiger partial charge on any atom is -0.450 e. The van der Waals surface area contributed by atoms with E-state index in [1.54, 1.807) is 52.9 Å². The number of hydrogen-bond acceptors (Lipinski definition) is 6. The lowest BCUT2D eigenvalue weighted by Gasteiger charge is -2.63. The van der Waals surface area contributed by atoms with E-state index in [1.807, 2.05) is 6.92 Å². The summed E-state index contributed by atoms with van der Waals surface area (Å²) in [5.41, 5.74) is -5.20. The number of alkyl halides is 2. The van der Waals surface area contributed by atoms with Crippen LogP contribution in [-0.2, 0) is 19.1 Å². The molecule has 0 radical (unpaired) electrons. The van der Waals surface area contributed by atoms with Crippen molar-refractivity contribution in [1.29, 1.82) is 0 Å². The lowest BCUT2D eigenvalue weighted by molar-refractivity contribution is -0.233. The molecule has 0 aromatic heterocycles. The number of ether oxygens (including phenoxy) is 2. The van der Waals surface area contributed by atoms with Crippen molar-refractivity contribution in [3.05, 3.63) is 23.8 Å². The molecule has 0 aromatic carbocycles. The fraction of sp³-hybridized carbons (Fsp3) is 0.781. The maximum atomic E-state index is 17.2. The molecule has 7 unspecified atom stereocenters. The van der Waals surface area contributed by atoms with E-state index in [0.29, 0.717) is 12.0 Å². The molecule has 7 aliphatic carbocycles. The molecule has 12 atom stereocenters. The Morgan fingerprint density at radius 1 is 1.07 bits per heavy atom. The molecular formula is C32H42F2O7. The van der Waals surface area contributed by atoms with Gasteiger partial charge in [0.15, 0.2) is 11.5 Å². The summed E-state index contributed by atoms with van der Waals surface area (Å²) in [4.78, 5) is 36.7. The van der Waals surface area contributed by atoms with Crippen molar-refractivity contribution < 1.29 is 42.9 Å². The Kier molecular flexibility index (Phi) is 6.40. The van der Waals surface area contributed by atoms with E-state index in [4.69, 9.17) is 4.74 Å².